The van der Waals surface area contributed by atoms with E-state index in [9.17, 15) is 20.0 Å². The summed E-state index contributed by atoms with van der Waals surface area (Å²) in [7, 11) is 0. The van der Waals surface area contributed by atoms with Crippen molar-refractivity contribution in [2.24, 2.45) is 0 Å². The molecule has 1 saturated heterocycles. The van der Waals surface area contributed by atoms with Gasteiger partial charge in [0, 0.05) is 12.5 Å². The molecule has 2 aromatic carbocycles. The number of ether oxygens (including phenoxy) is 1. The highest BCUT2D eigenvalue weighted by molar-refractivity contribution is 5.68. The largest absolute Gasteiger partial charge is 0.489 e. The van der Waals surface area contributed by atoms with Crippen LogP contribution < -0.4 is 4.74 Å². The molecule has 1 aliphatic rings. The number of nitro groups is 1. The van der Waals surface area contributed by atoms with Crippen molar-refractivity contribution in [2.45, 2.75) is 32.5 Å². The highest BCUT2D eigenvalue weighted by Crippen LogP contribution is 2.22. The highest BCUT2D eigenvalue weighted by atomic mass is 17.2. The number of aliphatic hydroxyl groups excluding tert-OH is 1. The van der Waals surface area contributed by atoms with Gasteiger partial charge in [-0.1, -0.05) is 12.1 Å². The maximum atomic E-state index is 11.7. The topological polar surface area (TPSA) is 121 Å². The van der Waals surface area contributed by atoms with E-state index >= 15 is 0 Å². The van der Waals surface area contributed by atoms with Crippen molar-refractivity contribution in [3.8, 4) is 5.75 Å². The lowest BCUT2D eigenvalue weighted by molar-refractivity contribution is -0.460. The number of aryl methyl sites for hydroxylation is 1. The molecule has 1 aliphatic heterocycles. The van der Waals surface area contributed by atoms with E-state index in [0.29, 0.717) is 31.8 Å². The van der Waals surface area contributed by atoms with Crippen LogP contribution in [-0.2, 0) is 38.9 Å². The maximum absolute atomic E-state index is 11.7. The van der Waals surface area contributed by atoms with Crippen molar-refractivity contribution in [2.75, 3.05) is 13.2 Å². The summed E-state index contributed by atoms with van der Waals surface area (Å²) in [6.07, 6.45) is 1.54. The Hall–Kier alpha value is -3.05. The van der Waals surface area contributed by atoms with Crippen LogP contribution in [0, 0.1) is 10.1 Å². The minimum atomic E-state index is -0.525. The number of hydrogen-bond acceptors (Lipinski definition) is 9. The molecule has 0 atom stereocenters. The Morgan fingerprint density at radius 3 is 2.50 bits per heavy atom. The smallest absolute Gasteiger partial charge is 0.330 e. The predicted octanol–water partition coefficient (Wildman–Crippen LogP) is 2.63. The Morgan fingerprint density at radius 1 is 1.13 bits per heavy atom. The van der Waals surface area contributed by atoms with Crippen LogP contribution in [-0.4, -0.2) is 34.6 Å². The fourth-order valence-corrected chi connectivity index (χ4v) is 2.83. The van der Waals surface area contributed by atoms with E-state index in [2.05, 4.69) is 0 Å². The average Bonchev–Trinajstić information content (AvgIpc) is 3.25. The van der Waals surface area contributed by atoms with Gasteiger partial charge in [-0.05, 0) is 48.2 Å². The molecule has 1 heterocycles. The van der Waals surface area contributed by atoms with Crippen LogP contribution in [0.25, 0.3) is 0 Å². The molecule has 1 N–H and O–H groups in total. The zero-order valence-electron chi connectivity index (χ0n) is 16.2. The van der Waals surface area contributed by atoms with Crippen molar-refractivity contribution in [3.63, 3.8) is 0 Å². The molecule has 0 radical (unpaired) electrons. The second-order valence-electron chi connectivity index (χ2n) is 6.52. The molecule has 0 aliphatic carbocycles. The maximum Gasteiger partial charge on any atom is 0.330 e. The Balaban J connectivity index is 1.43. The van der Waals surface area contributed by atoms with Gasteiger partial charge >= 0.3 is 5.97 Å². The number of aliphatic hydroxyl groups is 1. The minimum Gasteiger partial charge on any atom is -0.489 e. The molecule has 1 fully saturated rings. The van der Waals surface area contributed by atoms with Gasteiger partial charge in [-0.2, -0.15) is 0 Å². The van der Waals surface area contributed by atoms with Gasteiger partial charge < -0.3 is 14.7 Å². The lowest BCUT2D eigenvalue weighted by atomic mass is 10.1. The van der Waals surface area contributed by atoms with E-state index in [4.69, 9.17) is 19.2 Å². The van der Waals surface area contributed by atoms with E-state index in [1.54, 1.807) is 12.1 Å². The molecule has 0 amide bonds. The summed E-state index contributed by atoms with van der Waals surface area (Å²) in [6, 6.07) is 12.0. The fourth-order valence-electron chi connectivity index (χ4n) is 2.83. The first-order valence-electron chi connectivity index (χ1n) is 9.40. The first-order valence-corrected chi connectivity index (χ1v) is 9.40. The number of hydrogen-bond donors (Lipinski definition) is 1. The highest BCUT2D eigenvalue weighted by Gasteiger charge is 2.18. The van der Waals surface area contributed by atoms with Crippen molar-refractivity contribution in [1.82, 2.24) is 5.39 Å². The van der Waals surface area contributed by atoms with Crippen LogP contribution in [0.3, 0.4) is 0 Å². The molecule has 30 heavy (non-hydrogen) atoms. The Labute approximate surface area is 172 Å². The van der Waals surface area contributed by atoms with Gasteiger partial charge in [-0.3, -0.25) is 14.9 Å². The quantitative estimate of drug-likeness (QED) is 0.458. The van der Waals surface area contributed by atoms with Crippen LogP contribution in [0.5, 0.6) is 5.75 Å². The second kappa shape index (κ2) is 10.6. The molecule has 0 unspecified atom stereocenters. The first-order chi connectivity index (χ1) is 14.5. The van der Waals surface area contributed by atoms with Crippen molar-refractivity contribution in [3.05, 3.63) is 69.3 Å². The number of nitro benzene ring substituents is 1. The monoisotopic (exact) mass is 418 g/mol. The van der Waals surface area contributed by atoms with Gasteiger partial charge in [-0.25, -0.2) is 9.68 Å². The average molecular weight is 418 g/mol. The molecule has 3 rings (SSSR count). The molecular formula is C20H22N2O8. The van der Waals surface area contributed by atoms with Crippen LogP contribution >= 0.6 is 0 Å². The van der Waals surface area contributed by atoms with Crippen LogP contribution in [0.4, 0.5) is 5.69 Å². The van der Waals surface area contributed by atoms with E-state index in [1.807, 2.05) is 24.3 Å². The third-order valence-electron chi connectivity index (χ3n) is 4.34. The first kappa shape index (κ1) is 21.7. The van der Waals surface area contributed by atoms with E-state index in [-0.39, 0.29) is 24.3 Å². The second-order valence-corrected chi connectivity index (χ2v) is 6.52. The number of rotatable bonds is 10. The van der Waals surface area contributed by atoms with Gasteiger partial charge in [0.2, 0.25) is 0 Å². The van der Waals surface area contributed by atoms with Crippen LogP contribution in [0.1, 0.15) is 29.5 Å². The molecule has 10 heteroatoms. The molecule has 0 bridgehead atoms. The SMILES string of the molecule is O=C(CCCc1ccc(OCc2ccc([N+](=O)[O-])c(CO)c2)cc1)ON1OCCO1. The van der Waals surface area contributed by atoms with Crippen molar-refractivity contribution in [1.29, 1.82) is 0 Å². The summed E-state index contributed by atoms with van der Waals surface area (Å²) in [5.74, 6) is 0.215. The zero-order chi connectivity index (χ0) is 21.3. The molecular weight excluding hydrogens is 396 g/mol. The Bertz CT molecular complexity index is 866. The van der Waals surface area contributed by atoms with Gasteiger partial charge in [0.15, 0.2) is 0 Å². The van der Waals surface area contributed by atoms with E-state index < -0.39 is 17.5 Å². The Morgan fingerprint density at radius 2 is 1.83 bits per heavy atom. The molecule has 160 valence electrons. The van der Waals surface area contributed by atoms with E-state index in [0.717, 1.165) is 16.5 Å². The third kappa shape index (κ3) is 6.22. The van der Waals surface area contributed by atoms with Crippen molar-refractivity contribution >= 4 is 11.7 Å². The summed E-state index contributed by atoms with van der Waals surface area (Å²) in [5.41, 5.74) is 1.90. The predicted molar refractivity (Wildman–Crippen MR) is 103 cm³/mol. The summed E-state index contributed by atoms with van der Waals surface area (Å²) in [6.45, 7) is 0.518. The molecule has 0 aromatic heterocycles. The summed E-state index contributed by atoms with van der Waals surface area (Å²) in [4.78, 5) is 36.7. The van der Waals surface area contributed by atoms with Gasteiger partial charge in [0.1, 0.15) is 31.0 Å². The standard InChI is InChI=1S/C20H22N2O8/c23-13-17-12-16(6-9-19(17)21(25)26)14-27-18-7-4-15(5-8-18)2-1-3-20(24)30-22-28-10-11-29-22/h4-9,12,23H,1-3,10-11,13-14H2. The molecule has 2 aromatic rings. The lowest BCUT2D eigenvalue weighted by Gasteiger charge is -2.10. The number of benzene rings is 2. The van der Waals surface area contributed by atoms with Gasteiger partial charge in [0.05, 0.1) is 17.1 Å². The summed E-state index contributed by atoms with van der Waals surface area (Å²) < 4.78 is 5.71. The normalized spacial score (nSPS) is 13.9. The summed E-state index contributed by atoms with van der Waals surface area (Å²) >= 11 is 0. The van der Waals surface area contributed by atoms with Crippen LogP contribution in [0.15, 0.2) is 42.5 Å². The summed E-state index contributed by atoms with van der Waals surface area (Å²) in [5, 5.41) is 21.0. The lowest BCUT2D eigenvalue weighted by Crippen LogP contribution is -2.21. The van der Waals surface area contributed by atoms with Gasteiger partial charge in [0.25, 0.3) is 5.69 Å². The van der Waals surface area contributed by atoms with Gasteiger partial charge in [-0.15, -0.1) is 0 Å². The number of carbonyl (C=O) groups is 1. The third-order valence-corrected chi connectivity index (χ3v) is 4.34. The molecule has 0 spiro atoms. The Kier molecular flexibility index (Phi) is 7.69. The number of nitrogens with zero attached hydrogens (tertiary/aromatic N) is 2. The molecule has 0 saturated carbocycles. The number of carbonyl (C=O) groups excluding carboxylic acids is 1. The van der Waals surface area contributed by atoms with Crippen molar-refractivity contribution < 1.29 is 34.1 Å². The van der Waals surface area contributed by atoms with E-state index in [1.165, 1.54) is 6.07 Å². The minimum absolute atomic E-state index is 0.116. The van der Waals surface area contributed by atoms with Crippen LogP contribution in [0.2, 0.25) is 0 Å². The zero-order valence-corrected chi connectivity index (χ0v) is 16.2. The molecule has 10 nitrogen and oxygen atoms in total. The fraction of sp³-hybridized carbons (Fsp3) is 0.350.